The van der Waals surface area contributed by atoms with Crippen LogP contribution >= 0.6 is 0 Å². The van der Waals surface area contributed by atoms with Gasteiger partial charge in [0, 0.05) is 26.3 Å². The fraction of sp³-hybridized carbons (Fsp3) is 0.444. The number of likely N-dealkylation sites (N-methyl/N-ethyl adjacent to an activating group) is 1. The topological polar surface area (TPSA) is 83.2 Å². The lowest BCUT2D eigenvalue weighted by atomic mass is 10.2. The van der Waals surface area contributed by atoms with Gasteiger partial charge in [-0.05, 0) is 33.2 Å². The van der Waals surface area contributed by atoms with Crippen LogP contribution in [0.4, 0.5) is 5.82 Å². The molecule has 136 valence electrons. The minimum Gasteiger partial charge on any atom is -0.390 e. The van der Waals surface area contributed by atoms with Crippen molar-refractivity contribution in [2.45, 2.75) is 19.1 Å². The molecule has 1 N–H and O–H groups in total. The van der Waals surface area contributed by atoms with Crippen LogP contribution in [-0.2, 0) is 7.05 Å². The molecule has 4 rings (SSSR count). The van der Waals surface area contributed by atoms with E-state index in [1.54, 1.807) is 10.9 Å². The van der Waals surface area contributed by atoms with E-state index >= 15 is 0 Å². The summed E-state index contributed by atoms with van der Waals surface area (Å²) in [6.07, 6.45) is 1.31. The second kappa shape index (κ2) is 6.30. The fourth-order valence-corrected chi connectivity index (χ4v) is 3.61. The molecule has 8 heteroatoms. The maximum atomic E-state index is 10.5. The third-order valence-electron chi connectivity index (χ3n) is 4.96. The number of hydrogen-bond acceptors (Lipinski definition) is 7. The van der Waals surface area contributed by atoms with Crippen LogP contribution in [0.3, 0.4) is 0 Å². The van der Waals surface area contributed by atoms with Gasteiger partial charge in [-0.3, -0.25) is 9.67 Å². The van der Waals surface area contributed by atoms with Gasteiger partial charge in [-0.15, -0.1) is 0 Å². The number of β-amino-alcohol motifs (C(OH)–C–C–N with tert-alkyl or cyclic N) is 1. The summed E-state index contributed by atoms with van der Waals surface area (Å²) in [5, 5.41) is 15.9. The van der Waals surface area contributed by atoms with Crippen molar-refractivity contribution in [2.24, 2.45) is 7.05 Å². The largest absolute Gasteiger partial charge is 0.390 e. The molecule has 0 aliphatic carbocycles. The minimum atomic E-state index is -0.426. The summed E-state index contributed by atoms with van der Waals surface area (Å²) in [4.78, 5) is 18.1. The Morgan fingerprint density at radius 3 is 2.65 bits per heavy atom. The Labute approximate surface area is 152 Å². The van der Waals surface area contributed by atoms with Crippen LogP contribution in [0.5, 0.6) is 0 Å². The van der Waals surface area contributed by atoms with Crippen LogP contribution in [0.1, 0.15) is 5.69 Å². The first-order valence-electron chi connectivity index (χ1n) is 8.68. The summed E-state index contributed by atoms with van der Waals surface area (Å²) in [6, 6.07) is 5.76. The van der Waals surface area contributed by atoms with Gasteiger partial charge in [0.05, 0.1) is 23.2 Å². The molecule has 1 fully saturated rings. The molecule has 4 heterocycles. The van der Waals surface area contributed by atoms with Gasteiger partial charge in [0.25, 0.3) is 0 Å². The van der Waals surface area contributed by atoms with Crippen molar-refractivity contribution in [1.29, 1.82) is 0 Å². The SMILES string of the molecule is Cc1nn(C)c2nc(-c3ccccn3)nc(N3C[C@H](O)[C@@H](N(C)C)C3)c12. The molecule has 3 aromatic rings. The van der Waals surface area contributed by atoms with Crippen molar-refractivity contribution >= 4 is 16.9 Å². The zero-order chi connectivity index (χ0) is 18.4. The Balaban J connectivity index is 1.88. The van der Waals surface area contributed by atoms with E-state index in [9.17, 15) is 5.11 Å². The number of anilines is 1. The van der Waals surface area contributed by atoms with E-state index in [-0.39, 0.29) is 6.04 Å². The lowest BCUT2D eigenvalue weighted by Crippen LogP contribution is -2.38. The standard InChI is InChI=1S/C18H23N7O/c1-11-15-17(24(4)22-11)20-16(12-7-5-6-8-19-12)21-18(15)25-9-13(23(2)3)14(26)10-25/h5-8,13-14,26H,9-10H2,1-4H3/t13-,14-/m0/s1. The van der Waals surface area contributed by atoms with Crippen LogP contribution < -0.4 is 4.90 Å². The normalized spacial score (nSPS) is 20.5. The number of aryl methyl sites for hydroxylation is 2. The van der Waals surface area contributed by atoms with E-state index in [0.29, 0.717) is 18.9 Å². The van der Waals surface area contributed by atoms with Gasteiger partial charge < -0.3 is 14.9 Å². The molecule has 0 unspecified atom stereocenters. The van der Waals surface area contributed by atoms with Crippen molar-refractivity contribution in [3.8, 4) is 11.5 Å². The van der Waals surface area contributed by atoms with Gasteiger partial charge in [0.2, 0.25) is 0 Å². The van der Waals surface area contributed by atoms with Gasteiger partial charge in [-0.1, -0.05) is 6.07 Å². The molecule has 0 spiro atoms. The molecule has 0 saturated carbocycles. The molecule has 0 bridgehead atoms. The van der Waals surface area contributed by atoms with E-state index in [1.807, 2.05) is 46.3 Å². The van der Waals surface area contributed by atoms with Gasteiger partial charge >= 0.3 is 0 Å². The summed E-state index contributed by atoms with van der Waals surface area (Å²) in [5.41, 5.74) is 2.38. The highest BCUT2D eigenvalue weighted by Gasteiger charge is 2.35. The van der Waals surface area contributed by atoms with E-state index in [1.165, 1.54) is 0 Å². The number of pyridine rings is 1. The van der Waals surface area contributed by atoms with Gasteiger partial charge in [-0.25, -0.2) is 9.97 Å². The van der Waals surface area contributed by atoms with E-state index in [0.717, 1.165) is 28.2 Å². The second-order valence-electron chi connectivity index (χ2n) is 7.00. The number of fused-ring (bicyclic) bond motifs is 1. The molecule has 1 saturated heterocycles. The number of nitrogens with zero attached hydrogens (tertiary/aromatic N) is 7. The highest BCUT2D eigenvalue weighted by Crippen LogP contribution is 2.31. The molecule has 26 heavy (non-hydrogen) atoms. The number of aliphatic hydroxyl groups excluding tert-OH is 1. The predicted molar refractivity (Wildman–Crippen MR) is 100.0 cm³/mol. The Morgan fingerprint density at radius 1 is 1.19 bits per heavy atom. The first-order valence-corrected chi connectivity index (χ1v) is 8.68. The Kier molecular flexibility index (Phi) is 4.08. The monoisotopic (exact) mass is 353 g/mol. The van der Waals surface area contributed by atoms with Gasteiger partial charge in [-0.2, -0.15) is 5.10 Å². The second-order valence-corrected chi connectivity index (χ2v) is 7.00. The highest BCUT2D eigenvalue weighted by atomic mass is 16.3. The zero-order valence-electron chi connectivity index (χ0n) is 15.5. The summed E-state index contributed by atoms with van der Waals surface area (Å²) >= 11 is 0. The first kappa shape index (κ1) is 16.9. The van der Waals surface area contributed by atoms with E-state index in [4.69, 9.17) is 9.97 Å². The molecule has 0 aromatic carbocycles. The molecular weight excluding hydrogens is 330 g/mol. The zero-order valence-corrected chi connectivity index (χ0v) is 15.5. The van der Waals surface area contributed by atoms with Crippen LogP contribution in [0.25, 0.3) is 22.6 Å². The first-order chi connectivity index (χ1) is 12.5. The fourth-order valence-electron chi connectivity index (χ4n) is 3.61. The number of rotatable bonds is 3. The van der Waals surface area contributed by atoms with Crippen molar-refractivity contribution in [3.63, 3.8) is 0 Å². The molecule has 0 amide bonds. The van der Waals surface area contributed by atoms with Crippen LogP contribution in [0, 0.1) is 6.92 Å². The number of hydrogen-bond donors (Lipinski definition) is 1. The van der Waals surface area contributed by atoms with Crippen molar-refractivity contribution in [3.05, 3.63) is 30.1 Å². The van der Waals surface area contributed by atoms with Crippen molar-refractivity contribution in [1.82, 2.24) is 29.6 Å². The maximum Gasteiger partial charge on any atom is 0.182 e. The Bertz CT molecular complexity index is 938. The predicted octanol–water partition coefficient (Wildman–Crippen LogP) is 0.845. The van der Waals surface area contributed by atoms with Crippen LogP contribution in [0.2, 0.25) is 0 Å². The molecule has 8 nitrogen and oxygen atoms in total. The third kappa shape index (κ3) is 2.71. The number of aliphatic hydroxyl groups is 1. The molecule has 0 radical (unpaired) electrons. The number of aromatic nitrogens is 5. The van der Waals surface area contributed by atoms with E-state index in [2.05, 4.69) is 19.9 Å². The van der Waals surface area contributed by atoms with Crippen LogP contribution in [-0.4, -0.2) is 74.1 Å². The smallest absolute Gasteiger partial charge is 0.182 e. The lowest BCUT2D eigenvalue weighted by molar-refractivity contribution is 0.114. The highest BCUT2D eigenvalue weighted by molar-refractivity contribution is 5.91. The lowest BCUT2D eigenvalue weighted by Gasteiger charge is -2.22. The minimum absolute atomic E-state index is 0.0651. The molecule has 2 atom stereocenters. The Morgan fingerprint density at radius 2 is 2.00 bits per heavy atom. The van der Waals surface area contributed by atoms with Gasteiger partial charge in [0.1, 0.15) is 11.5 Å². The Hall–Kier alpha value is -2.58. The molecule has 1 aliphatic rings. The average molecular weight is 353 g/mol. The van der Waals surface area contributed by atoms with Crippen molar-refractivity contribution in [2.75, 3.05) is 32.1 Å². The van der Waals surface area contributed by atoms with Crippen molar-refractivity contribution < 1.29 is 5.11 Å². The average Bonchev–Trinajstić information content (AvgIpc) is 3.15. The van der Waals surface area contributed by atoms with Gasteiger partial charge in [0.15, 0.2) is 11.5 Å². The summed E-state index contributed by atoms with van der Waals surface area (Å²) in [7, 11) is 5.86. The summed E-state index contributed by atoms with van der Waals surface area (Å²) < 4.78 is 1.78. The van der Waals surface area contributed by atoms with Crippen LogP contribution in [0.15, 0.2) is 24.4 Å². The quantitative estimate of drug-likeness (QED) is 0.747. The summed E-state index contributed by atoms with van der Waals surface area (Å²) in [6.45, 7) is 3.20. The third-order valence-corrected chi connectivity index (χ3v) is 4.96. The molecule has 3 aromatic heterocycles. The maximum absolute atomic E-state index is 10.5. The molecular formula is C18H23N7O. The molecule has 1 aliphatic heterocycles. The summed E-state index contributed by atoms with van der Waals surface area (Å²) in [5.74, 6) is 1.38. The van der Waals surface area contributed by atoms with E-state index < -0.39 is 6.10 Å².